The molecule has 118 valence electrons. The van der Waals surface area contributed by atoms with Crippen molar-refractivity contribution in [3.8, 4) is 0 Å². The van der Waals surface area contributed by atoms with E-state index in [2.05, 4.69) is 10.3 Å². The van der Waals surface area contributed by atoms with Crippen molar-refractivity contribution in [3.05, 3.63) is 64.4 Å². The zero-order valence-corrected chi connectivity index (χ0v) is 13.6. The highest BCUT2D eigenvalue weighted by Gasteiger charge is 2.28. The van der Waals surface area contributed by atoms with Crippen LogP contribution in [-0.2, 0) is 4.79 Å². The molecule has 0 unspecified atom stereocenters. The van der Waals surface area contributed by atoms with E-state index in [1.165, 1.54) is 6.07 Å². The van der Waals surface area contributed by atoms with E-state index in [1.54, 1.807) is 36.4 Å². The topological polar surface area (TPSA) is 41.5 Å². The molecule has 0 saturated heterocycles. The average Bonchev–Trinajstić information content (AvgIpc) is 2.64. The van der Waals surface area contributed by atoms with Crippen LogP contribution in [0.25, 0.3) is 0 Å². The fourth-order valence-corrected chi connectivity index (χ4v) is 2.79. The second-order valence-electron chi connectivity index (χ2n) is 5.83. The van der Waals surface area contributed by atoms with E-state index < -0.39 is 6.04 Å². The molecule has 1 N–H and O–H groups in total. The number of fused-ring (bicyclic) bond motifs is 1. The molecule has 0 fully saturated rings. The van der Waals surface area contributed by atoms with Gasteiger partial charge in [0.15, 0.2) is 0 Å². The average molecular weight is 331 g/mol. The molecule has 1 aliphatic heterocycles. The highest BCUT2D eigenvalue weighted by atomic mass is 35.5. The Morgan fingerprint density at radius 3 is 2.61 bits per heavy atom. The van der Waals surface area contributed by atoms with Crippen LogP contribution in [0.4, 0.5) is 10.1 Å². The lowest BCUT2D eigenvalue weighted by molar-refractivity contribution is -0.118. The summed E-state index contributed by atoms with van der Waals surface area (Å²) < 4.78 is 14.3. The summed E-state index contributed by atoms with van der Waals surface area (Å²) in [6, 6.07) is 10.9. The Bertz CT molecular complexity index is 801. The molecular weight excluding hydrogens is 315 g/mol. The first-order valence-corrected chi connectivity index (χ1v) is 7.78. The first-order chi connectivity index (χ1) is 11.0. The minimum Gasteiger partial charge on any atom is -0.324 e. The van der Waals surface area contributed by atoms with Crippen LogP contribution in [0.1, 0.15) is 25.0 Å². The van der Waals surface area contributed by atoms with Gasteiger partial charge >= 0.3 is 0 Å². The number of anilines is 1. The summed E-state index contributed by atoms with van der Waals surface area (Å²) >= 11 is 6.10. The second-order valence-corrected chi connectivity index (χ2v) is 6.26. The van der Waals surface area contributed by atoms with Gasteiger partial charge in [0.25, 0.3) is 0 Å². The van der Waals surface area contributed by atoms with Gasteiger partial charge in [-0.15, -0.1) is 0 Å². The minimum atomic E-state index is -0.587. The number of aliphatic imine (C=N–C) groups is 1. The maximum atomic E-state index is 14.3. The van der Waals surface area contributed by atoms with Crippen LogP contribution in [0.15, 0.2) is 47.5 Å². The number of carbonyl (C=O) groups excluding carboxylic acids is 1. The molecule has 3 nitrogen and oxygen atoms in total. The van der Waals surface area contributed by atoms with Gasteiger partial charge in [0, 0.05) is 16.1 Å². The lowest BCUT2D eigenvalue weighted by atomic mass is 9.99. The van der Waals surface area contributed by atoms with Gasteiger partial charge in [-0.3, -0.25) is 9.79 Å². The van der Waals surface area contributed by atoms with Gasteiger partial charge < -0.3 is 5.32 Å². The Kier molecular flexibility index (Phi) is 4.18. The van der Waals surface area contributed by atoms with Crippen molar-refractivity contribution in [2.75, 3.05) is 5.32 Å². The van der Waals surface area contributed by atoms with Gasteiger partial charge in [-0.05, 0) is 36.2 Å². The van der Waals surface area contributed by atoms with Crippen LogP contribution in [0.5, 0.6) is 0 Å². The number of nitrogens with zero attached hydrogens (tertiary/aromatic N) is 1. The first-order valence-electron chi connectivity index (χ1n) is 7.41. The van der Waals surface area contributed by atoms with Crippen molar-refractivity contribution in [2.24, 2.45) is 10.9 Å². The number of rotatable bonds is 2. The molecule has 1 aliphatic rings. The Morgan fingerprint density at radius 1 is 1.17 bits per heavy atom. The lowest BCUT2D eigenvalue weighted by Gasteiger charge is -2.14. The second kappa shape index (κ2) is 6.13. The van der Waals surface area contributed by atoms with E-state index in [0.29, 0.717) is 27.5 Å². The van der Waals surface area contributed by atoms with E-state index in [0.717, 1.165) is 0 Å². The smallest absolute Gasteiger partial charge is 0.249 e. The maximum Gasteiger partial charge on any atom is 0.249 e. The molecule has 0 aliphatic carbocycles. The van der Waals surface area contributed by atoms with Crippen molar-refractivity contribution < 1.29 is 9.18 Å². The molecule has 5 heteroatoms. The summed E-state index contributed by atoms with van der Waals surface area (Å²) in [6.45, 7) is 3.82. The Labute approximate surface area is 139 Å². The van der Waals surface area contributed by atoms with Crippen molar-refractivity contribution in [3.63, 3.8) is 0 Å². The number of halogens is 2. The maximum absolute atomic E-state index is 14.3. The largest absolute Gasteiger partial charge is 0.324 e. The number of amides is 1. The summed E-state index contributed by atoms with van der Waals surface area (Å²) in [5.41, 5.74) is 2.01. The first kappa shape index (κ1) is 15.7. The third-order valence-corrected chi connectivity index (χ3v) is 4.03. The van der Waals surface area contributed by atoms with E-state index in [4.69, 9.17) is 11.6 Å². The standard InChI is InChI=1S/C18H16ClFN2O/c1-10(2)16-18(23)21-15-8-7-11(19)9-13(15)17(22-16)12-5-3-4-6-14(12)20/h3-10,16H,1-2H3,(H,21,23)/t16-/m0/s1. The summed E-state index contributed by atoms with van der Waals surface area (Å²) in [4.78, 5) is 17.0. The van der Waals surface area contributed by atoms with Crippen LogP contribution in [0.3, 0.4) is 0 Å². The molecule has 1 heterocycles. The zero-order chi connectivity index (χ0) is 16.6. The third-order valence-electron chi connectivity index (χ3n) is 3.79. The molecule has 0 saturated carbocycles. The quantitative estimate of drug-likeness (QED) is 0.876. The molecule has 1 amide bonds. The molecule has 2 aromatic rings. The van der Waals surface area contributed by atoms with Crippen LogP contribution in [0.2, 0.25) is 5.02 Å². The number of benzene rings is 2. The highest BCUT2D eigenvalue weighted by Crippen LogP contribution is 2.29. The molecule has 0 radical (unpaired) electrons. The zero-order valence-electron chi connectivity index (χ0n) is 12.8. The number of benzodiazepines with no additional fused rings is 1. The monoisotopic (exact) mass is 330 g/mol. The van der Waals surface area contributed by atoms with Crippen molar-refractivity contribution >= 4 is 28.9 Å². The van der Waals surface area contributed by atoms with Gasteiger partial charge in [0.2, 0.25) is 5.91 Å². The molecular formula is C18H16ClFN2O. The van der Waals surface area contributed by atoms with Gasteiger partial charge in [-0.1, -0.05) is 37.6 Å². The fraction of sp³-hybridized carbons (Fsp3) is 0.222. The summed E-state index contributed by atoms with van der Waals surface area (Å²) in [7, 11) is 0. The fourth-order valence-electron chi connectivity index (χ4n) is 2.62. The Hall–Kier alpha value is -2.20. The van der Waals surface area contributed by atoms with Gasteiger partial charge in [0.1, 0.15) is 11.9 Å². The van der Waals surface area contributed by atoms with E-state index in [9.17, 15) is 9.18 Å². The van der Waals surface area contributed by atoms with E-state index in [-0.39, 0.29) is 17.6 Å². The van der Waals surface area contributed by atoms with Crippen molar-refractivity contribution in [2.45, 2.75) is 19.9 Å². The number of nitrogens with one attached hydrogen (secondary N) is 1. The third kappa shape index (κ3) is 2.99. The van der Waals surface area contributed by atoms with Crippen molar-refractivity contribution in [1.82, 2.24) is 0 Å². The van der Waals surface area contributed by atoms with Gasteiger partial charge in [-0.2, -0.15) is 0 Å². The van der Waals surface area contributed by atoms with Crippen LogP contribution >= 0.6 is 11.6 Å². The molecule has 2 aromatic carbocycles. The molecule has 0 bridgehead atoms. The Morgan fingerprint density at radius 2 is 1.91 bits per heavy atom. The van der Waals surface area contributed by atoms with E-state index >= 15 is 0 Å². The highest BCUT2D eigenvalue weighted by molar-refractivity contribution is 6.32. The van der Waals surface area contributed by atoms with Crippen molar-refractivity contribution in [1.29, 1.82) is 0 Å². The predicted octanol–water partition coefficient (Wildman–Crippen LogP) is 4.29. The molecule has 0 aromatic heterocycles. The number of hydrogen-bond acceptors (Lipinski definition) is 2. The molecule has 23 heavy (non-hydrogen) atoms. The summed E-state index contributed by atoms with van der Waals surface area (Å²) in [5, 5.41) is 3.37. The SMILES string of the molecule is CC(C)[C@@H]1N=C(c2ccccc2F)c2cc(Cl)ccc2NC1=O. The van der Waals surface area contributed by atoms with Gasteiger partial charge in [0.05, 0.1) is 11.4 Å². The molecule has 3 rings (SSSR count). The van der Waals surface area contributed by atoms with E-state index in [1.807, 2.05) is 13.8 Å². The number of hydrogen-bond donors (Lipinski definition) is 1. The normalized spacial score (nSPS) is 17.3. The van der Waals surface area contributed by atoms with Crippen LogP contribution in [0, 0.1) is 11.7 Å². The van der Waals surface area contributed by atoms with Gasteiger partial charge in [-0.25, -0.2) is 4.39 Å². The molecule has 1 atom stereocenters. The minimum absolute atomic E-state index is 0.0124. The predicted molar refractivity (Wildman–Crippen MR) is 90.7 cm³/mol. The molecule has 0 spiro atoms. The summed E-state index contributed by atoms with van der Waals surface area (Å²) in [5.74, 6) is -0.592. The van der Waals surface area contributed by atoms with Crippen LogP contribution < -0.4 is 5.32 Å². The van der Waals surface area contributed by atoms with Crippen LogP contribution in [-0.4, -0.2) is 17.7 Å². The summed E-state index contributed by atoms with van der Waals surface area (Å²) in [6.07, 6.45) is 0. The number of carbonyl (C=O) groups is 1. The lowest BCUT2D eigenvalue weighted by Crippen LogP contribution is -2.30. The Balaban J connectivity index is 2.27.